The van der Waals surface area contributed by atoms with E-state index in [1.165, 1.54) is 0 Å². The van der Waals surface area contributed by atoms with Crippen molar-refractivity contribution in [3.05, 3.63) is 28.2 Å². The maximum Gasteiger partial charge on any atom is 0.344 e. The van der Waals surface area contributed by atoms with E-state index in [0.29, 0.717) is 12.4 Å². The minimum absolute atomic E-state index is 0.0610. The van der Waals surface area contributed by atoms with Gasteiger partial charge in [-0.1, -0.05) is 15.9 Å². The van der Waals surface area contributed by atoms with Gasteiger partial charge in [0.1, 0.15) is 5.75 Å². The molecule has 1 rings (SSSR count). The third-order valence-electron chi connectivity index (χ3n) is 2.05. The quantitative estimate of drug-likeness (QED) is 0.818. The summed E-state index contributed by atoms with van der Waals surface area (Å²) in [7, 11) is 1.87. The van der Waals surface area contributed by atoms with Gasteiger partial charge < -0.3 is 14.8 Å². The van der Waals surface area contributed by atoms with E-state index < -0.39 is 0 Å². The van der Waals surface area contributed by atoms with Crippen molar-refractivity contribution in [2.24, 2.45) is 0 Å². The summed E-state index contributed by atoms with van der Waals surface area (Å²) in [6, 6.07) is 5.59. The number of hydrogen-bond donors (Lipinski definition) is 1. The number of benzene rings is 1. The molecule has 0 atom stereocenters. The van der Waals surface area contributed by atoms with Gasteiger partial charge in [-0.2, -0.15) is 0 Å². The fourth-order valence-corrected chi connectivity index (χ4v) is 1.70. The standard InChI is InChI=1S/C12H16BrNO3/c1-3-16-12(15)8-17-10-4-5-11(13)9(6-10)7-14-2/h4-6,14H,3,7-8H2,1-2H3. The number of carbonyl (C=O) groups is 1. The van der Waals surface area contributed by atoms with Gasteiger partial charge in [-0.25, -0.2) is 4.79 Å². The first-order valence-corrected chi connectivity index (χ1v) is 6.18. The Labute approximate surface area is 109 Å². The molecule has 0 heterocycles. The van der Waals surface area contributed by atoms with Gasteiger partial charge in [0.15, 0.2) is 6.61 Å². The number of rotatable bonds is 6. The molecule has 0 aliphatic heterocycles. The number of nitrogens with one attached hydrogen (secondary N) is 1. The lowest BCUT2D eigenvalue weighted by atomic mass is 10.2. The Bertz CT molecular complexity index is 382. The second-order valence-electron chi connectivity index (χ2n) is 3.38. The van der Waals surface area contributed by atoms with Crippen molar-refractivity contribution < 1.29 is 14.3 Å². The molecule has 0 unspecified atom stereocenters. The zero-order chi connectivity index (χ0) is 12.7. The first kappa shape index (κ1) is 14.0. The summed E-state index contributed by atoms with van der Waals surface area (Å²) >= 11 is 3.45. The van der Waals surface area contributed by atoms with Gasteiger partial charge in [-0.3, -0.25) is 0 Å². The molecule has 94 valence electrons. The van der Waals surface area contributed by atoms with Crippen LogP contribution in [0.5, 0.6) is 5.75 Å². The first-order chi connectivity index (χ1) is 8.17. The molecule has 0 bridgehead atoms. The molecular weight excluding hydrogens is 286 g/mol. The molecule has 4 nitrogen and oxygen atoms in total. The summed E-state index contributed by atoms with van der Waals surface area (Å²) in [5, 5.41) is 3.06. The zero-order valence-electron chi connectivity index (χ0n) is 9.96. The number of carbonyl (C=O) groups excluding carboxylic acids is 1. The SMILES string of the molecule is CCOC(=O)COc1ccc(Br)c(CNC)c1. The van der Waals surface area contributed by atoms with Crippen LogP contribution >= 0.6 is 15.9 Å². The van der Waals surface area contributed by atoms with E-state index >= 15 is 0 Å². The highest BCUT2D eigenvalue weighted by molar-refractivity contribution is 9.10. The van der Waals surface area contributed by atoms with E-state index in [0.717, 1.165) is 16.6 Å². The van der Waals surface area contributed by atoms with Crippen molar-refractivity contribution in [3.63, 3.8) is 0 Å². The number of halogens is 1. The van der Waals surface area contributed by atoms with Crippen molar-refractivity contribution >= 4 is 21.9 Å². The molecule has 0 aliphatic carbocycles. The van der Waals surface area contributed by atoms with Gasteiger partial charge in [0.25, 0.3) is 0 Å². The highest BCUT2D eigenvalue weighted by Gasteiger charge is 2.05. The summed E-state index contributed by atoms with van der Waals surface area (Å²) in [4.78, 5) is 11.1. The Morgan fingerprint density at radius 2 is 2.24 bits per heavy atom. The molecule has 1 N–H and O–H groups in total. The van der Waals surface area contributed by atoms with Crippen molar-refractivity contribution in [1.29, 1.82) is 0 Å². The normalized spacial score (nSPS) is 10.1. The predicted molar refractivity (Wildman–Crippen MR) is 69.0 cm³/mol. The van der Waals surface area contributed by atoms with Crippen LogP contribution in [0.4, 0.5) is 0 Å². The summed E-state index contributed by atoms with van der Waals surface area (Å²) in [6.45, 7) is 2.81. The number of hydrogen-bond acceptors (Lipinski definition) is 4. The molecule has 17 heavy (non-hydrogen) atoms. The predicted octanol–water partition coefficient (Wildman–Crippen LogP) is 2.11. The van der Waals surface area contributed by atoms with Gasteiger partial charge >= 0.3 is 5.97 Å². The van der Waals surface area contributed by atoms with Crippen LogP contribution in [0.2, 0.25) is 0 Å². The molecule has 1 aromatic carbocycles. The largest absolute Gasteiger partial charge is 0.482 e. The van der Waals surface area contributed by atoms with Gasteiger partial charge in [-0.15, -0.1) is 0 Å². The Morgan fingerprint density at radius 1 is 1.47 bits per heavy atom. The average molecular weight is 302 g/mol. The smallest absolute Gasteiger partial charge is 0.344 e. The third kappa shape index (κ3) is 4.75. The van der Waals surface area contributed by atoms with E-state index in [1.54, 1.807) is 6.92 Å². The second kappa shape index (κ2) is 7.29. The van der Waals surface area contributed by atoms with Gasteiger partial charge in [-0.05, 0) is 37.7 Å². The van der Waals surface area contributed by atoms with Crippen LogP contribution in [0.1, 0.15) is 12.5 Å². The highest BCUT2D eigenvalue weighted by atomic mass is 79.9. The second-order valence-corrected chi connectivity index (χ2v) is 4.23. The topological polar surface area (TPSA) is 47.6 Å². The fraction of sp³-hybridized carbons (Fsp3) is 0.417. The zero-order valence-corrected chi connectivity index (χ0v) is 11.5. The van der Waals surface area contributed by atoms with Crippen molar-refractivity contribution in [1.82, 2.24) is 5.32 Å². The van der Waals surface area contributed by atoms with Crippen molar-refractivity contribution in [2.75, 3.05) is 20.3 Å². The van der Waals surface area contributed by atoms with Crippen LogP contribution in [0.15, 0.2) is 22.7 Å². The molecule has 1 aromatic rings. The molecule has 0 saturated carbocycles. The Kier molecular flexibility index (Phi) is 6.00. The average Bonchev–Trinajstić information content (AvgIpc) is 2.31. The van der Waals surface area contributed by atoms with Gasteiger partial charge in [0, 0.05) is 11.0 Å². The van der Waals surface area contributed by atoms with E-state index in [2.05, 4.69) is 21.2 Å². The highest BCUT2D eigenvalue weighted by Crippen LogP contribution is 2.22. The molecule has 0 aliphatic rings. The number of ether oxygens (including phenoxy) is 2. The van der Waals surface area contributed by atoms with E-state index in [-0.39, 0.29) is 12.6 Å². The Morgan fingerprint density at radius 3 is 2.88 bits per heavy atom. The van der Waals surface area contributed by atoms with Gasteiger partial charge in [0.2, 0.25) is 0 Å². The minimum Gasteiger partial charge on any atom is -0.482 e. The summed E-state index contributed by atoms with van der Waals surface area (Å²) in [5.41, 5.74) is 1.08. The van der Waals surface area contributed by atoms with Crippen LogP contribution in [0, 0.1) is 0 Å². The summed E-state index contributed by atoms with van der Waals surface area (Å²) in [5.74, 6) is 0.303. The molecule has 0 radical (unpaired) electrons. The fourth-order valence-electron chi connectivity index (χ4n) is 1.31. The van der Waals surface area contributed by atoms with E-state index in [4.69, 9.17) is 9.47 Å². The van der Waals surface area contributed by atoms with Crippen LogP contribution in [0.25, 0.3) is 0 Å². The maximum atomic E-state index is 11.1. The lowest BCUT2D eigenvalue weighted by Crippen LogP contribution is -2.14. The molecule has 5 heteroatoms. The lowest BCUT2D eigenvalue weighted by molar-refractivity contribution is -0.145. The first-order valence-electron chi connectivity index (χ1n) is 5.38. The third-order valence-corrected chi connectivity index (χ3v) is 2.82. The van der Waals surface area contributed by atoms with Crippen molar-refractivity contribution in [3.8, 4) is 5.75 Å². The van der Waals surface area contributed by atoms with Crippen molar-refractivity contribution in [2.45, 2.75) is 13.5 Å². The van der Waals surface area contributed by atoms with E-state index in [1.807, 2.05) is 25.2 Å². The monoisotopic (exact) mass is 301 g/mol. The van der Waals surface area contributed by atoms with Crippen LogP contribution < -0.4 is 10.1 Å². The molecule has 0 aromatic heterocycles. The minimum atomic E-state index is -0.356. The Hall–Kier alpha value is -1.07. The summed E-state index contributed by atoms with van der Waals surface area (Å²) in [6.07, 6.45) is 0. The Balaban J connectivity index is 2.59. The van der Waals surface area contributed by atoms with Crippen LogP contribution in [-0.4, -0.2) is 26.2 Å². The molecule has 0 spiro atoms. The number of esters is 1. The lowest BCUT2D eigenvalue weighted by Gasteiger charge is -2.09. The summed E-state index contributed by atoms with van der Waals surface area (Å²) < 4.78 is 11.1. The molecular formula is C12H16BrNO3. The van der Waals surface area contributed by atoms with Gasteiger partial charge in [0.05, 0.1) is 6.61 Å². The molecule has 0 saturated heterocycles. The van der Waals surface area contributed by atoms with Crippen LogP contribution in [-0.2, 0) is 16.1 Å². The molecule has 0 amide bonds. The molecule has 0 fully saturated rings. The van der Waals surface area contributed by atoms with E-state index in [9.17, 15) is 4.79 Å². The van der Waals surface area contributed by atoms with Crippen LogP contribution in [0.3, 0.4) is 0 Å². The maximum absolute atomic E-state index is 11.1.